The number of hydrogen-bond donors (Lipinski definition) is 2. The van der Waals surface area contributed by atoms with Gasteiger partial charge in [-0.3, -0.25) is 4.57 Å². The second-order valence-electron chi connectivity index (χ2n) is 11.2. The summed E-state index contributed by atoms with van der Waals surface area (Å²) in [5, 5.41) is 7.87. The molecule has 0 unspecified atom stereocenters. The van der Waals surface area contributed by atoms with Crippen LogP contribution in [-0.4, -0.2) is 45.7 Å². The van der Waals surface area contributed by atoms with Crippen LogP contribution in [0.3, 0.4) is 0 Å². The molecular weight excluding hydrogens is 502 g/mol. The van der Waals surface area contributed by atoms with E-state index >= 15 is 0 Å². The second-order valence-corrected chi connectivity index (χ2v) is 11.2. The third-order valence-electron chi connectivity index (χ3n) is 7.47. The first-order valence-corrected chi connectivity index (χ1v) is 13.4. The normalized spacial score (nSPS) is 13.4. The summed E-state index contributed by atoms with van der Waals surface area (Å²) in [6, 6.07) is 17.9. The number of imidazole rings is 1. The molecule has 0 radical (unpaired) electrons. The predicted molar refractivity (Wildman–Crippen MR) is 160 cm³/mol. The Morgan fingerprint density at radius 2 is 1.73 bits per heavy atom. The Morgan fingerprint density at radius 3 is 2.45 bits per heavy atom. The van der Waals surface area contributed by atoms with Crippen molar-refractivity contribution in [3.05, 3.63) is 72.8 Å². The average Bonchev–Trinajstić information content (AvgIpc) is 3.71. The van der Waals surface area contributed by atoms with Crippen LogP contribution in [-0.2, 0) is 5.41 Å². The van der Waals surface area contributed by atoms with Crippen molar-refractivity contribution in [3.63, 3.8) is 0 Å². The van der Waals surface area contributed by atoms with Crippen LogP contribution in [0.2, 0.25) is 0 Å². The van der Waals surface area contributed by atoms with Crippen molar-refractivity contribution in [1.82, 2.24) is 19.5 Å². The van der Waals surface area contributed by atoms with E-state index in [0.717, 1.165) is 39.0 Å². The Morgan fingerprint density at radius 1 is 0.975 bits per heavy atom. The van der Waals surface area contributed by atoms with Crippen molar-refractivity contribution in [1.29, 1.82) is 0 Å². The van der Waals surface area contributed by atoms with Gasteiger partial charge < -0.3 is 20.3 Å². The molecule has 40 heavy (non-hydrogen) atoms. The predicted octanol–water partition coefficient (Wildman–Crippen LogP) is 6.52. The van der Waals surface area contributed by atoms with E-state index < -0.39 is 0 Å². The van der Waals surface area contributed by atoms with Gasteiger partial charge in [-0.05, 0) is 48.1 Å². The van der Waals surface area contributed by atoms with Gasteiger partial charge in [0.2, 0.25) is 0 Å². The van der Waals surface area contributed by atoms with Crippen LogP contribution in [0.25, 0.3) is 27.6 Å². The van der Waals surface area contributed by atoms with Crippen molar-refractivity contribution >= 4 is 45.2 Å². The minimum atomic E-state index is -0.351. The smallest absolute Gasteiger partial charge is 0.323 e. The van der Waals surface area contributed by atoms with E-state index in [9.17, 15) is 4.79 Å². The van der Waals surface area contributed by atoms with Crippen molar-refractivity contribution < 1.29 is 9.53 Å². The maximum absolute atomic E-state index is 13.2. The summed E-state index contributed by atoms with van der Waals surface area (Å²) in [5.74, 6) is 1.44. The van der Waals surface area contributed by atoms with Gasteiger partial charge in [-0.15, -0.1) is 0 Å². The zero-order chi connectivity index (χ0) is 28.0. The maximum Gasteiger partial charge on any atom is 0.323 e. The summed E-state index contributed by atoms with van der Waals surface area (Å²) in [6.45, 7) is 6.40. The number of urea groups is 1. The van der Waals surface area contributed by atoms with E-state index in [2.05, 4.69) is 53.3 Å². The highest BCUT2D eigenvalue weighted by atomic mass is 16.5. The fourth-order valence-corrected chi connectivity index (χ4v) is 5.04. The first-order chi connectivity index (χ1) is 19.2. The lowest BCUT2D eigenvalue weighted by Crippen LogP contribution is -2.21. The minimum absolute atomic E-state index is 0.0678. The highest BCUT2D eigenvalue weighted by molar-refractivity contribution is 6.08. The minimum Gasteiger partial charge on any atom is -0.495 e. The topological polar surface area (TPSA) is 97.2 Å². The number of aromatic nitrogens is 4. The van der Waals surface area contributed by atoms with Crippen molar-refractivity contribution in [2.24, 2.45) is 0 Å². The van der Waals surface area contributed by atoms with Crippen molar-refractivity contribution in [2.75, 3.05) is 29.7 Å². The van der Waals surface area contributed by atoms with Gasteiger partial charge in [0.15, 0.2) is 17.0 Å². The van der Waals surface area contributed by atoms with E-state index in [-0.39, 0.29) is 11.4 Å². The molecule has 2 N–H and O–H groups in total. The summed E-state index contributed by atoms with van der Waals surface area (Å²) in [4.78, 5) is 29.2. The van der Waals surface area contributed by atoms with Crippen LogP contribution >= 0.6 is 0 Å². The van der Waals surface area contributed by atoms with Crippen LogP contribution in [0, 0.1) is 0 Å². The van der Waals surface area contributed by atoms with E-state index in [0.29, 0.717) is 23.2 Å². The van der Waals surface area contributed by atoms with Crippen LogP contribution < -0.4 is 20.3 Å². The summed E-state index contributed by atoms with van der Waals surface area (Å²) in [6.07, 6.45) is 5.73. The zero-order valence-corrected chi connectivity index (χ0v) is 23.4. The first kappa shape index (κ1) is 25.6. The highest BCUT2D eigenvalue weighted by Gasteiger charge is 2.29. The van der Waals surface area contributed by atoms with Gasteiger partial charge in [0.1, 0.15) is 18.4 Å². The number of hydrogen-bond acceptors (Lipinski definition) is 6. The molecule has 9 heteroatoms. The third kappa shape index (κ3) is 4.68. The number of fused-ring (bicyclic) bond motifs is 2. The van der Waals surface area contributed by atoms with Crippen LogP contribution in [0.1, 0.15) is 39.2 Å². The molecule has 1 aliphatic rings. The van der Waals surface area contributed by atoms with E-state index in [1.54, 1.807) is 19.8 Å². The lowest BCUT2D eigenvalue weighted by molar-refractivity contribution is 0.262. The van der Waals surface area contributed by atoms with Crippen LogP contribution in [0.15, 0.2) is 67.3 Å². The molecule has 1 saturated carbocycles. The van der Waals surface area contributed by atoms with E-state index in [4.69, 9.17) is 9.72 Å². The second kappa shape index (κ2) is 9.82. The quantitative estimate of drug-likeness (QED) is 0.257. The molecule has 3 aromatic carbocycles. The highest BCUT2D eigenvalue weighted by Crippen LogP contribution is 2.35. The van der Waals surface area contributed by atoms with Gasteiger partial charge >= 0.3 is 6.03 Å². The number of nitrogens with zero attached hydrogens (tertiary/aromatic N) is 5. The number of carbonyl (C=O) groups excluding carboxylic acids is 1. The molecule has 0 saturated heterocycles. The lowest BCUT2D eigenvalue weighted by Gasteiger charge is -2.21. The Hall–Kier alpha value is -4.66. The summed E-state index contributed by atoms with van der Waals surface area (Å²) >= 11 is 0. The molecule has 1 aliphatic carbocycles. The SMILES string of the molecule is COc1ccc(C(C)(C)C)cc1NC(=O)Nc1ccc(-n2cnc3c(N(C)C4CC4)ncnc32)c2ccccc12. The molecular formula is C31H33N7O2. The van der Waals surface area contributed by atoms with Crippen LogP contribution in [0.4, 0.5) is 22.0 Å². The molecule has 0 atom stereocenters. The Labute approximate surface area is 233 Å². The third-order valence-corrected chi connectivity index (χ3v) is 7.47. The summed E-state index contributed by atoms with van der Waals surface area (Å²) in [7, 11) is 3.66. The molecule has 0 spiro atoms. The van der Waals surface area contributed by atoms with Crippen molar-refractivity contribution in [3.8, 4) is 11.4 Å². The van der Waals surface area contributed by atoms with Gasteiger partial charge in [-0.1, -0.05) is 51.1 Å². The molecule has 0 aliphatic heterocycles. The van der Waals surface area contributed by atoms with Gasteiger partial charge in [-0.25, -0.2) is 19.7 Å². The molecule has 2 heterocycles. The summed E-state index contributed by atoms with van der Waals surface area (Å²) in [5.41, 5.74) is 4.77. The van der Waals surface area contributed by atoms with Crippen LogP contribution in [0.5, 0.6) is 5.75 Å². The molecule has 5 aromatic rings. The van der Waals surface area contributed by atoms with Crippen molar-refractivity contribution in [2.45, 2.75) is 45.1 Å². The van der Waals surface area contributed by atoms with Gasteiger partial charge in [0, 0.05) is 23.9 Å². The molecule has 6 rings (SSSR count). The molecule has 204 valence electrons. The van der Waals surface area contributed by atoms with E-state index in [1.165, 1.54) is 12.8 Å². The molecule has 9 nitrogen and oxygen atoms in total. The summed E-state index contributed by atoms with van der Waals surface area (Å²) < 4.78 is 7.48. The fourth-order valence-electron chi connectivity index (χ4n) is 5.04. The van der Waals surface area contributed by atoms with Gasteiger partial charge in [0.05, 0.1) is 24.2 Å². The number of methoxy groups -OCH3 is 1. The standard InChI is InChI=1S/C31H33N7O2/c1-31(2,3)19-10-15-26(40-5)24(16-19)36-30(39)35-23-13-14-25(22-9-7-6-8-21(22)23)38-18-34-27-28(32-17-33-29(27)38)37(4)20-11-12-20/h6-10,13-18,20H,11-12H2,1-5H3,(H2,35,36,39). The number of rotatable bonds is 6. The molecule has 2 amide bonds. The van der Waals surface area contributed by atoms with E-state index in [1.807, 2.05) is 59.2 Å². The maximum atomic E-state index is 13.2. The largest absolute Gasteiger partial charge is 0.495 e. The van der Waals surface area contributed by atoms with Gasteiger partial charge in [-0.2, -0.15) is 0 Å². The molecule has 1 fully saturated rings. The lowest BCUT2D eigenvalue weighted by atomic mass is 9.87. The average molecular weight is 536 g/mol. The number of benzene rings is 3. The number of ether oxygens (including phenoxy) is 1. The zero-order valence-electron chi connectivity index (χ0n) is 23.4. The first-order valence-electron chi connectivity index (χ1n) is 13.4. The molecule has 2 aromatic heterocycles. The van der Waals surface area contributed by atoms with Gasteiger partial charge in [0.25, 0.3) is 0 Å². The molecule has 0 bridgehead atoms. The number of anilines is 3. The fraction of sp³-hybridized carbons (Fsp3) is 0.290. The monoisotopic (exact) mass is 535 g/mol. The number of carbonyl (C=O) groups is 1. The Bertz CT molecular complexity index is 1730. The Balaban J connectivity index is 1.33. The number of nitrogens with one attached hydrogen (secondary N) is 2. The number of amides is 2. The Kier molecular flexibility index (Phi) is 6.29.